The van der Waals surface area contributed by atoms with Crippen LogP contribution in [-0.4, -0.2) is 23.7 Å². The molecule has 0 aliphatic rings. The molecule has 0 aromatic heterocycles. The minimum atomic E-state index is -1.12. The molecule has 1 N–H and O–H groups in total. The van der Waals surface area contributed by atoms with E-state index in [0.29, 0.717) is 12.5 Å². The molecule has 1 atom stereocenters. The number of carboxylic acids is 1. The predicted octanol–water partition coefficient (Wildman–Crippen LogP) is 5.17. The Hall–Kier alpha value is -1.84. The van der Waals surface area contributed by atoms with Crippen LogP contribution >= 0.6 is 0 Å². The molecule has 24 heavy (non-hydrogen) atoms. The smallest absolute Gasteiger partial charge is 0.339 e. The molecule has 4 nitrogen and oxygen atoms in total. The zero-order valence-corrected chi connectivity index (χ0v) is 15.3. The van der Waals surface area contributed by atoms with Crippen molar-refractivity contribution in [3.63, 3.8) is 0 Å². The number of hydrogen-bond donors (Lipinski definition) is 1. The Labute approximate surface area is 145 Å². The van der Waals surface area contributed by atoms with Gasteiger partial charge in [-0.2, -0.15) is 0 Å². The number of rotatable bonds is 10. The maximum Gasteiger partial charge on any atom is 0.339 e. The zero-order valence-electron chi connectivity index (χ0n) is 15.3. The minimum Gasteiger partial charge on any atom is -0.478 e. The van der Waals surface area contributed by atoms with Crippen molar-refractivity contribution in [2.24, 2.45) is 11.3 Å². The van der Waals surface area contributed by atoms with Gasteiger partial charge in [-0.15, -0.1) is 0 Å². The first-order valence-electron chi connectivity index (χ1n) is 8.82. The monoisotopic (exact) mass is 334 g/mol. The van der Waals surface area contributed by atoms with Gasteiger partial charge >= 0.3 is 11.9 Å². The molecule has 4 heteroatoms. The van der Waals surface area contributed by atoms with Gasteiger partial charge < -0.3 is 9.84 Å². The topological polar surface area (TPSA) is 63.6 Å². The molecule has 0 spiro atoms. The average Bonchev–Trinajstić information content (AvgIpc) is 2.56. The first kappa shape index (κ1) is 20.2. The normalized spacial score (nSPS) is 12.7. The number of benzene rings is 1. The quantitative estimate of drug-likeness (QED) is 0.473. The second-order valence-electron chi connectivity index (χ2n) is 7.02. The van der Waals surface area contributed by atoms with Crippen molar-refractivity contribution in [2.45, 2.75) is 59.8 Å². The Morgan fingerprint density at radius 3 is 2.29 bits per heavy atom. The largest absolute Gasteiger partial charge is 0.478 e. The van der Waals surface area contributed by atoms with E-state index in [1.807, 2.05) is 0 Å². The number of carboxylic acid groups (broad SMARTS) is 1. The Bertz CT molecular complexity index is 548. The van der Waals surface area contributed by atoms with Crippen LogP contribution in [0.15, 0.2) is 24.3 Å². The minimum absolute atomic E-state index is 0.0182. The molecule has 0 amide bonds. The number of ether oxygens (including phenoxy) is 1. The first-order chi connectivity index (χ1) is 11.3. The van der Waals surface area contributed by atoms with Crippen molar-refractivity contribution in [1.82, 2.24) is 0 Å². The van der Waals surface area contributed by atoms with Crippen LogP contribution in [0.2, 0.25) is 0 Å². The third-order valence-electron chi connectivity index (χ3n) is 4.71. The lowest BCUT2D eigenvalue weighted by molar-refractivity contribution is 0.0190. The summed E-state index contributed by atoms with van der Waals surface area (Å²) in [5, 5.41) is 9.18. The van der Waals surface area contributed by atoms with E-state index in [1.54, 1.807) is 12.1 Å². The van der Waals surface area contributed by atoms with Crippen LogP contribution in [0, 0.1) is 11.3 Å². The van der Waals surface area contributed by atoms with Crippen LogP contribution in [0.3, 0.4) is 0 Å². The maximum absolute atomic E-state index is 12.3. The molecule has 0 aliphatic heterocycles. The summed E-state index contributed by atoms with van der Waals surface area (Å²) in [6, 6.07) is 6.17. The van der Waals surface area contributed by atoms with Crippen LogP contribution in [0.5, 0.6) is 0 Å². The second-order valence-corrected chi connectivity index (χ2v) is 7.02. The lowest BCUT2D eigenvalue weighted by atomic mass is 9.75. The maximum atomic E-state index is 12.3. The van der Waals surface area contributed by atoms with Crippen LogP contribution in [0.4, 0.5) is 0 Å². The summed E-state index contributed by atoms with van der Waals surface area (Å²) in [7, 11) is 0. The van der Waals surface area contributed by atoms with E-state index in [4.69, 9.17) is 4.74 Å². The van der Waals surface area contributed by atoms with E-state index >= 15 is 0 Å². The van der Waals surface area contributed by atoms with Gasteiger partial charge in [0.25, 0.3) is 0 Å². The Kier molecular flexibility index (Phi) is 7.96. The summed E-state index contributed by atoms with van der Waals surface area (Å²) in [6.45, 7) is 8.88. The molecule has 0 aliphatic carbocycles. The third kappa shape index (κ3) is 5.66. The van der Waals surface area contributed by atoms with Gasteiger partial charge in [0.2, 0.25) is 0 Å². The van der Waals surface area contributed by atoms with Crippen LogP contribution in [-0.2, 0) is 4.74 Å². The summed E-state index contributed by atoms with van der Waals surface area (Å²) in [5.41, 5.74) is -0.0359. The fourth-order valence-corrected chi connectivity index (χ4v) is 3.08. The van der Waals surface area contributed by atoms with Crippen molar-refractivity contribution in [3.8, 4) is 0 Å². The van der Waals surface area contributed by atoms with Gasteiger partial charge in [-0.05, 0) is 24.5 Å². The molecule has 1 aromatic carbocycles. The van der Waals surface area contributed by atoms with E-state index in [0.717, 1.165) is 12.8 Å². The van der Waals surface area contributed by atoms with E-state index in [9.17, 15) is 14.7 Å². The highest BCUT2D eigenvalue weighted by Gasteiger charge is 2.30. The fraction of sp³-hybridized carbons (Fsp3) is 0.600. The van der Waals surface area contributed by atoms with E-state index in [1.165, 1.54) is 31.4 Å². The molecular weight excluding hydrogens is 304 g/mol. The molecule has 0 heterocycles. The van der Waals surface area contributed by atoms with E-state index in [-0.39, 0.29) is 16.5 Å². The molecule has 0 saturated carbocycles. The Morgan fingerprint density at radius 1 is 1.12 bits per heavy atom. The zero-order chi connectivity index (χ0) is 18.2. The van der Waals surface area contributed by atoms with Gasteiger partial charge in [-0.3, -0.25) is 0 Å². The molecule has 1 aromatic rings. The molecule has 0 radical (unpaired) electrons. The summed E-state index contributed by atoms with van der Waals surface area (Å²) in [4.78, 5) is 23.5. The number of aromatic carboxylic acids is 1. The lowest BCUT2D eigenvalue weighted by Gasteiger charge is -2.33. The van der Waals surface area contributed by atoms with E-state index < -0.39 is 11.9 Å². The second kappa shape index (κ2) is 9.45. The van der Waals surface area contributed by atoms with Crippen molar-refractivity contribution in [3.05, 3.63) is 35.4 Å². The Balaban J connectivity index is 2.72. The molecule has 1 unspecified atom stereocenters. The van der Waals surface area contributed by atoms with Gasteiger partial charge in [0, 0.05) is 5.41 Å². The van der Waals surface area contributed by atoms with Crippen LogP contribution < -0.4 is 0 Å². The Morgan fingerprint density at radius 2 is 1.75 bits per heavy atom. The molecule has 0 saturated heterocycles. The van der Waals surface area contributed by atoms with Gasteiger partial charge in [-0.25, -0.2) is 9.59 Å². The molecule has 1 rings (SSSR count). The number of carbonyl (C=O) groups excluding carboxylic acids is 1. The number of esters is 1. The molecular formula is C20H30O4. The average molecular weight is 334 g/mol. The number of carbonyl (C=O) groups is 2. The number of hydrogen-bond acceptors (Lipinski definition) is 3. The van der Waals surface area contributed by atoms with Gasteiger partial charge in [-0.1, -0.05) is 65.5 Å². The summed E-state index contributed by atoms with van der Waals surface area (Å²) < 4.78 is 5.47. The summed E-state index contributed by atoms with van der Waals surface area (Å²) in [5.74, 6) is -1.20. The summed E-state index contributed by atoms with van der Waals surface area (Å²) in [6.07, 6.45) is 5.77. The third-order valence-corrected chi connectivity index (χ3v) is 4.71. The highest BCUT2D eigenvalue weighted by molar-refractivity contribution is 6.02. The van der Waals surface area contributed by atoms with Crippen molar-refractivity contribution >= 4 is 11.9 Å². The van der Waals surface area contributed by atoms with Gasteiger partial charge in [0.1, 0.15) is 0 Å². The molecule has 134 valence electrons. The van der Waals surface area contributed by atoms with Crippen molar-refractivity contribution in [2.75, 3.05) is 6.61 Å². The van der Waals surface area contributed by atoms with Crippen molar-refractivity contribution in [1.29, 1.82) is 0 Å². The summed E-state index contributed by atoms with van der Waals surface area (Å²) >= 11 is 0. The molecule has 0 bridgehead atoms. The van der Waals surface area contributed by atoms with Gasteiger partial charge in [0.15, 0.2) is 0 Å². The van der Waals surface area contributed by atoms with Crippen LogP contribution in [0.1, 0.15) is 80.5 Å². The lowest BCUT2D eigenvalue weighted by Crippen LogP contribution is -2.30. The first-order valence-corrected chi connectivity index (χ1v) is 8.82. The van der Waals surface area contributed by atoms with Gasteiger partial charge in [0.05, 0.1) is 17.7 Å². The van der Waals surface area contributed by atoms with Crippen molar-refractivity contribution < 1.29 is 19.4 Å². The van der Waals surface area contributed by atoms with E-state index in [2.05, 4.69) is 27.7 Å². The molecule has 0 fully saturated rings. The van der Waals surface area contributed by atoms with Crippen LogP contribution in [0.25, 0.3) is 0 Å². The number of unbranched alkanes of at least 4 members (excludes halogenated alkanes) is 2. The predicted molar refractivity (Wildman–Crippen MR) is 95.4 cm³/mol. The fourth-order valence-electron chi connectivity index (χ4n) is 3.08. The standard InChI is InChI=1S/C20H30O4/c1-5-7-8-11-15(6-2)20(3,4)14-24-19(23)17-13-10-9-12-16(17)18(21)22/h9-10,12-13,15H,5-8,11,14H2,1-4H3,(H,21,22). The SMILES string of the molecule is CCCCCC(CC)C(C)(C)COC(=O)c1ccccc1C(=O)O. The highest BCUT2D eigenvalue weighted by atomic mass is 16.5. The highest BCUT2D eigenvalue weighted by Crippen LogP contribution is 2.34.